The van der Waals surface area contributed by atoms with Crippen molar-refractivity contribution in [1.82, 2.24) is 41.6 Å². The van der Waals surface area contributed by atoms with Crippen molar-refractivity contribution in [2.75, 3.05) is 13.2 Å². The number of carbonyl (C=O) groups excluding carboxylic acids is 5. The Morgan fingerprint density at radius 2 is 1.66 bits per heavy atom. The number of carbonyl (C=O) groups is 5. The van der Waals surface area contributed by atoms with Crippen LogP contribution in [0, 0.1) is 0 Å². The molecule has 1 saturated heterocycles. The number of amides is 5. The normalized spacial score (nSPS) is 23.9. The van der Waals surface area contributed by atoms with Crippen molar-refractivity contribution in [3.63, 3.8) is 0 Å². The highest BCUT2D eigenvalue weighted by atomic mass is 16.7. The molecule has 2 aromatic carbocycles. The van der Waals surface area contributed by atoms with Gasteiger partial charge in [-0.05, 0) is 63.4 Å². The van der Waals surface area contributed by atoms with E-state index in [4.69, 9.17) is 19.8 Å². The SMILES string of the molecule is C[C@@H]1NC(=O)[C@@H](NC(=O)[C@H](C)NC(=O)[C@@H](NC(=O)[C@H](CCCN)NC(=O)c2ccc(-c3ccccc3)cc2)[C@@H](C)O)Cc2cn(nn2)CCOC2C[C@@H]3OB1O[C@@H]3C2. The molecule has 5 amide bonds. The fourth-order valence-corrected chi connectivity index (χ4v) is 7.22. The summed E-state index contributed by atoms with van der Waals surface area (Å²) < 4.78 is 19.8. The summed E-state index contributed by atoms with van der Waals surface area (Å²) in [5, 5.41) is 32.3. The number of aliphatic hydroxyl groups is 1. The average molecular weight is 802 g/mol. The van der Waals surface area contributed by atoms with Gasteiger partial charge in [0, 0.05) is 31.0 Å². The van der Waals surface area contributed by atoms with E-state index in [1.807, 2.05) is 30.3 Å². The lowest BCUT2D eigenvalue weighted by molar-refractivity contribution is -0.135. The van der Waals surface area contributed by atoms with Crippen LogP contribution in [0.4, 0.5) is 0 Å². The van der Waals surface area contributed by atoms with Gasteiger partial charge in [0.25, 0.3) is 5.91 Å². The molecular formula is C39H52BN9O9. The molecule has 1 unspecified atom stereocenters. The van der Waals surface area contributed by atoms with Gasteiger partial charge < -0.3 is 51.5 Å². The molecule has 310 valence electrons. The van der Waals surface area contributed by atoms with Crippen LogP contribution in [0.3, 0.4) is 0 Å². The monoisotopic (exact) mass is 801 g/mol. The van der Waals surface area contributed by atoms with Crippen molar-refractivity contribution in [2.24, 2.45) is 5.73 Å². The van der Waals surface area contributed by atoms with E-state index in [9.17, 15) is 29.1 Å². The molecule has 18 nitrogen and oxygen atoms in total. The first-order valence-electron chi connectivity index (χ1n) is 19.8. The van der Waals surface area contributed by atoms with Gasteiger partial charge in [0.1, 0.15) is 24.2 Å². The predicted octanol–water partition coefficient (Wildman–Crippen LogP) is -0.611. The molecule has 7 rings (SSSR count). The van der Waals surface area contributed by atoms with Gasteiger partial charge in [-0.3, -0.25) is 24.0 Å². The number of rotatable bonds is 13. The molecule has 8 N–H and O–H groups in total. The Morgan fingerprint density at radius 1 is 0.966 bits per heavy atom. The van der Waals surface area contributed by atoms with E-state index in [2.05, 4.69) is 36.9 Å². The van der Waals surface area contributed by atoms with Crippen molar-refractivity contribution >= 4 is 36.7 Å². The molecule has 19 heteroatoms. The number of benzene rings is 2. The second-order valence-corrected chi connectivity index (χ2v) is 15.1. The minimum atomic E-state index is -1.50. The van der Waals surface area contributed by atoms with Crippen LogP contribution in [-0.2, 0) is 46.2 Å². The molecule has 0 spiro atoms. The van der Waals surface area contributed by atoms with Crippen LogP contribution in [-0.4, -0.2) is 124 Å². The summed E-state index contributed by atoms with van der Waals surface area (Å²) in [4.78, 5) is 67.5. The van der Waals surface area contributed by atoms with Crippen molar-refractivity contribution in [1.29, 1.82) is 0 Å². The Kier molecular flexibility index (Phi) is 14.3. The fourth-order valence-electron chi connectivity index (χ4n) is 7.22. The largest absolute Gasteiger partial charge is 0.481 e. The molecule has 0 radical (unpaired) electrons. The van der Waals surface area contributed by atoms with Crippen LogP contribution in [0.15, 0.2) is 60.8 Å². The average Bonchev–Trinajstić information content (AvgIpc) is 3.93. The van der Waals surface area contributed by atoms with Crippen LogP contribution in [0.25, 0.3) is 11.1 Å². The lowest BCUT2D eigenvalue weighted by Gasteiger charge is -2.27. The minimum Gasteiger partial charge on any atom is -0.404 e. The van der Waals surface area contributed by atoms with E-state index in [0.717, 1.165) is 11.1 Å². The number of fused-ring (bicyclic) bond motifs is 6. The first-order chi connectivity index (χ1) is 27.9. The molecule has 3 aromatic rings. The van der Waals surface area contributed by atoms with Gasteiger partial charge in [-0.1, -0.05) is 47.7 Å². The summed E-state index contributed by atoms with van der Waals surface area (Å²) in [6.45, 7) is 5.53. The second kappa shape index (κ2) is 19.5. The minimum absolute atomic E-state index is 0.00756. The summed E-state index contributed by atoms with van der Waals surface area (Å²) in [5.41, 5.74) is 8.37. The molecule has 1 saturated carbocycles. The molecule has 6 bridgehead atoms. The van der Waals surface area contributed by atoms with E-state index in [1.165, 1.54) is 13.8 Å². The van der Waals surface area contributed by atoms with Crippen LogP contribution >= 0.6 is 0 Å². The summed E-state index contributed by atoms with van der Waals surface area (Å²) in [5.74, 6) is -3.91. The van der Waals surface area contributed by atoms with Gasteiger partial charge in [-0.2, -0.15) is 0 Å². The topological polar surface area (TPSA) is 250 Å². The maximum Gasteiger partial charge on any atom is 0.481 e. The zero-order valence-electron chi connectivity index (χ0n) is 32.8. The van der Waals surface area contributed by atoms with Gasteiger partial charge >= 0.3 is 7.12 Å². The van der Waals surface area contributed by atoms with Crippen molar-refractivity contribution in [3.05, 3.63) is 72.1 Å². The van der Waals surface area contributed by atoms with E-state index < -0.39 is 72.9 Å². The number of hydrogen-bond donors (Lipinski definition) is 7. The lowest BCUT2D eigenvalue weighted by Crippen LogP contribution is -2.60. The zero-order valence-corrected chi connectivity index (χ0v) is 32.8. The number of aliphatic hydroxyl groups excluding tert-OH is 1. The number of nitrogens with one attached hydrogen (secondary N) is 5. The van der Waals surface area contributed by atoms with Crippen LogP contribution in [0.1, 0.15) is 62.5 Å². The van der Waals surface area contributed by atoms with Crippen LogP contribution in [0.2, 0.25) is 0 Å². The second-order valence-electron chi connectivity index (χ2n) is 15.1. The van der Waals surface area contributed by atoms with Gasteiger partial charge in [-0.15, -0.1) is 5.10 Å². The predicted molar refractivity (Wildman–Crippen MR) is 210 cm³/mol. The summed E-state index contributed by atoms with van der Waals surface area (Å²) in [6.07, 6.45) is 1.82. The summed E-state index contributed by atoms with van der Waals surface area (Å²) >= 11 is 0. The Morgan fingerprint density at radius 3 is 2.33 bits per heavy atom. The number of nitrogens with zero attached hydrogens (tertiary/aromatic N) is 3. The van der Waals surface area contributed by atoms with Crippen molar-refractivity contribution < 1.29 is 43.1 Å². The first kappa shape index (κ1) is 42.4. The number of ether oxygens (including phenoxy) is 1. The van der Waals surface area contributed by atoms with Gasteiger partial charge in [-0.25, -0.2) is 4.68 Å². The number of hydrogen-bond acceptors (Lipinski definition) is 12. The molecule has 1 aliphatic carbocycles. The van der Waals surface area contributed by atoms with Crippen LogP contribution < -0.4 is 32.3 Å². The highest BCUT2D eigenvalue weighted by Gasteiger charge is 2.49. The van der Waals surface area contributed by atoms with Crippen LogP contribution in [0.5, 0.6) is 0 Å². The Labute approximate surface area is 336 Å². The van der Waals surface area contributed by atoms with Crippen molar-refractivity contribution in [2.45, 2.75) is 114 Å². The molecule has 4 aliphatic rings. The molecule has 9 atom stereocenters. The quantitative estimate of drug-likeness (QED) is 0.107. The van der Waals surface area contributed by atoms with E-state index in [-0.39, 0.29) is 37.7 Å². The highest BCUT2D eigenvalue weighted by molar-refractivity contribution is 6.47. The number of aromatic nitrogens is 3. The first-order valence-corrected chi connectivity index (χ1v) is 19.8. The van der Waals surface area contributed by atoms with E-state index in [1.54, 1.807) is 42.1 Å². The van der Waals surface area contributed by atoms with Gasteiger partial charge in [0.15, 0.2) is 0 Å². The third kappa shape index (κ3) is 10.8. The highest BCUT2D eigenvalue weighted by Crippen LogP contribution is 2.34. The molecule has 4 heterocycles. The molecule has 2 fully saturated rings. The third-order valence-corrected chi connectivity index (χ3v) is 10.5. The molecular weight excluding hydrogens is 749 g/mol. The van der Waals surface area contributed by atoms with Gasteiger partial charge in [0.05, 0.1) is 49.2 Å². The smallest absolute Gasteiger partial charge is 0.404 e. The Bertz CT molecular complexity index is 1890. The van der Waals surface area contributed by atoms with Gasteiger partial charge in [0.2, 0.25) is 23.6 Å². The van der Waals surface area contributed by atoms with E-state index in [0.29, 0.717) is 43.7 Å². The maximum absolute atomic E-state index is 13.7. The third-order valence-electron chi connectivity index (χ3n) is 10.5. The molecule has 58 heavy (non-hydrogen) atoms. The standard InChI is InChI=1S/C39H52BN9O9/c1-22(35(51)45-31-18-28-21-49(48-47-28)16-17-56-29-19-32-33(20-29)58-40(57-32)24(3)43-38(31)54)42-39(55)34(23(2)50)46-37(53)30(10-7-15-41)44-36(52)27-13-11-26(12-14-27)25-8-5-4-6-9-25/h4-6,8-9,11-14,21-24,29-34,50H,7,10,15-20,41H2,1-3H3,(H,42,55)(H,43,54)(H,44,52)(H,45,51)(H,46,53)/t22-,23+,24-,29?,30-,31-,32-,33+,34-/m0/s1. The summed E-state index contributed by atoms with van der Waals surface area (Å²) in [7, 11) is -0.689. The van der Waals surface area contributed by atoms with Crippen molar-refractivity contribution in [3.8, 4) is 11.1 Å². The Balaban J connectivity index is 1.07. The number of nitrogens with two attached hydrogens (primary N) is 1. The fraction of sp³-hybridized carbons (Fsp3) is 0.513. The molecule has 1 aromatic heterocycles. The zero-order chi connectivity index (χ0) is 41.3. The lowest BCUT2D eigenvalue weighted by atomic mass is 9.79. The van der Waals surface area contributed by atoms with E-state index >= 15 is 0 Å². The molecule has 3 aliphatic heterocycles. The Hall–Kier alpha value is -5.21. The summed E-state index contributed by atoms with van der Waals surface area (Å²) in [6, 6.07) is 11.6. The maximum atomic E-state index is 13.7.